The van der Waals surface area contributed by atoms with Gasteiger partial charge in [-0.05, 0) is 81.1 Å². The van der Waals surface area contributed by atoms with Crippen molar-refractivity contribution in [1.29, 1.82) is 0 Å². The smallest absolute Gasteiger partial charge is 0.399 e. The van der Waals surface area contributed by atoms with Crippen molar-refractivity contribution in [3.05, 3.63) is 53.6 Å². The van der Waals surface area contributed by atoms with Gasteiger partial charge in [0, 0.05) is 0 Å². The average molecular weight is 376 g/mol. The Kier molecular flexibility index (Phi) is 5.42. The summed E-state index contributed by atoms with van der Waals surface area (Å²) in [6.45, 7) is 8.48. The van der Waals surface area contributed by atoms with Crippen LogP contribution in [0.15, 0.2) is 42.5 Å². The molecule has 0 radical (unpaired) electrons. The van der Waals surface area contributed by atoms with Gasteiger partial charge in [-0.2, -0.15) is 0 Å². The molecule has 1 saturated heterocycles. The molecule has 2 aromatic rings. The van der Waals surface area contributed by atoms with Gasteiger partial charge in [0.05, 0.1) is 11.2 Å². The first-order valence-corrected chi connectivity index (χ1v) is 10.9. The Morgan fingerprint density at radius 1 is 0.679 bits per heavy atom. The van der Waals surface area contributed by atoms with Crippen LogP contribution in [-0.4, -0.2) is 18.3 Å². The number of fused-ring (bicyclic) bond motifs is 3. The van der Waals surface area contributed by atoms with Crippen molar-refractivity contribution < 1.29 is 9.31 Å². The highest BCUT2D eigenvalue weighted by Crippen LogP contribution is 2.37. The first kappa shape index (κ1) is 19.7. The summed E-state index contributed by atoms with van der Waals surface area (Å²) in [5.41, 5.74) is 6.24. The highest BCUT2D eigenvalue weighted by Gasteiger charge is 2.51. The molecular weight excluding hydrogens is 343 g/mol. The lowest BCUT2D eigenvalue weighted by Crippen LogP contribution is -2.41. The molecule has 0 amide bonds. The molecule has 0 atom stereocenters. The summed E-state index contributed by atoms with van der Waals surface area (Å²) in [5.74, 6) is 0. The first-order valence-electron chi connectivity index (χ1n) is 10.9. The molecule has 0 unspecified atom stereocenters. The van der Waals surface area contributed by atoms with E-state index in [-0.39, 0.29) is 18.3 Å². The van der Waals surface area contributed by atoms with E-state index in [1.54, 1.807) is 0 Å². The van der Waals surface area contributed by atoms with E-state index in [0.29, 0.717) is 0 Å². The summed E-state index contributed by atoms with van der Waals surface area (Å²) >= 11 is 0. The molecule has 148 valence electrons. The van der Waals surface area contributed by atoms with Crippen LogP contribution in [0, 0.1) is 0 Å². The maximum atomic E-state index is 6.31. The van der Waals surface area contributed by atoms with E-state index in [1.807, 2.05) is 0 Å². The van der Waals surface area contributed by atoms with Crippen molar-refractivity contribution in [2.75, 3.05) is 0 Å². The first-order chi connectivity index (χ1) is 13.4. The summed E-state index contributed by atoms with van der Waals surface area (Å²) in [4.78, 5) is 0. The van der Waals surface area contributed by atoms with Crippen molar-refractivity contribution in [1.82, 2.24) is 0 Å². The summed E-state index contributed by atoms with van der Waals surface area (Å²) < 4.78 is 12.6. The second-order valence-electron chi connectivity index (χ2n) is 9.43. The van der Waals surface area contributed by atoms with E-state index in [4.69, 9.17) is 9.31 Å². The molecule has 2 aromatic carbocycles. The van der Waals surface area contributed by atoms with Gasteiger partial charge in [0.1, 0.15) is 0 Å². The van der Waals surface area contributed by atoms with Gasteiger partial charge in [0.15, 0.2) is 0 Å². The third-order valence-corrected chi connectivity index (χ3v) is 6.85. The number of hydrogen-bond acceptors (Lipinski definition) is 2. The molecule has 1 aliphatic carbocycles. The molecule has 2 nitrogen and oxygen atoms in total. The Hall–Kier alpha value is -1.58. The van der Waals surface area contributed by atoms with Crippen LogP contribution in [0.1, 0.15) is 70.9 Å². The number of hydrogen-bond donors (Lipinski definition) is 0. The Morgan fingerprint density at radius 3 is 1.96 bits per heavy atom. The predicted octanol–water partition coefficient (Wildman–Crippen LogP) is 5.70. The minimum Gasteiger partial charge on any atom is -0.399 e. The largest absolute Gasteiger partial charge is 0.494 e. The fraction of sp³-hybridized carbons (Fsp3) is 0.520. The van der Waals surface area contributed by atoms with Crippen molar-refractivity contribution in [2.45, 2.75) is 83.8 Å². The van der Waals surface area contributed by atoms with Gasteiger partial charge in [-0.15, -0.1) is 0 Å². The minimum atomic E-state index is -0.304. The third-order valence-electron chi connectivity index (χ3n) is 6.85. The van der Waals surface area contributed by atoms with Crippen molar-refractivity contribution in [2.24, 2.45) is 0 Å². The van der Waals surface area contributed by atoms with Crippen molar-refractivity contribution in [3.8, 4) is 11.1 Å². The number of rotatable bonds is 1. The molecule has 0 N–H and O–H groups in total. The van der Waals surface area contributed by atoms with Gasteiger partial charge in [-0.1, -0.05) is 61.7 Å². The second kappa shape index (κ2) is 7.69. The van der Waals surface area contributed by atoms with Gasteiger partial charge in [-0.25, -0.2) is 0 Å². The predicted molar refractivity (Wildman–Crippen MR) is 118 cm³/mol. The van der Waals surface area contributed by atoms with Crippen molar-refractivity contribution >= 4 is 12.6 Å². The van der Waals surface area contributed by atoms with Crippen LogP contribution in [0.2, 0.25) is 0 Å². The highest BCUT2D eigenvalue weighted by atomic mass is 16.7. The van der Waals surface area contributed by atoms with Crippen LogP contribution in [0.5, 0.6) is 0 Å². The molecule has 28 heavy (non-hydrogen) atoms. The lowest BCUT2D eigenvalue weighted by molar-refractivity contribution is 0.00578. The Balaban J connectivity index is 1.72. The normalized spacial score (nSPS) is 21.5. The zero-order valence-electron chi connectivity index (χ0n) is 17.9. The monoisotopic (exact) mass is 376 g/mol. The quantitative estimate of drug-likeness (QED) is 0.594. The molecule has 1 fully saturated rings. The fourth-order valence-electron chi connectivity index (χ4n) is 4.37. The van der Waals surface area contributed by atoms with Gasteiger partial charge in [0.2, 0.25) is 0 Å². The fourth-order valence-corrected chi connectivity index (χ4v) is 4.37. The molecule has 2 aliphatic rings. The van der Waals surface area contributed by atoms with E-state index in [0.717, 1.165) is 11.9 Å². The van der Waals surface area contributed by atoms with E-state index in [9.17, 15) is 0 Å². The van der Waals surface area contributed by atoms with Crippen LogP contribution in [0.25, 0.3) is 11.1 Å². The maximum absolute atomic E-state index is 6.31. The molecule has 4 rings (SSSR count). The standard InChI is InChI=1S/C25H33BO2/c1-24(2)25(3,4)28-26(27-24)21-16-17-23-20(18-21)14-9-7-5-6-8-12-19-13-10-11-15-22(19)23/h10-11,13,15-18H,5-9,12,14H2,1-4H3. The molecule has 0 aromatic heterocycles. The number of benzene rings is 2. The third kappa shape index (κ3) is 3.80. The van der Waals surface area contributed by atoms with E-state index < -0.39 is 0 Å². The van der Waals surface area contributed by atoms with Gasteiger partial charge < -0.3 is 9.31 Å². The highest BCUT2D eigenvalue weighted by molar-refractivity contribution is 6.62. The van der Waals surface area contributed by atoms with E-state index in [1.165, 1.54) is 60.8 Å². The summed E-state index contributed by atoms with van der Waals surface area (Å²) in [6.07, 6.45) is 8.83. The summed E-state index contributed by atoms with van der Waals surface area (Å²) in [5, 5.41) is 0. The second-order valence-corrected chi connectivity index (χ2v) is 9.43. The molecule has 0 saturated carbocycles. The zero-order valence-corrected chi connectivity index (χ0v) is 17.9. The summed E-state index contributed by atoms with van der Waals surface area (Å²) in [6, 6.07) is 15.8. The molecule has 0 spiro atoms. The SMILES string of the molecule is CC1(C)OB(c2ccc3c(c2)CCCCCCCc2ccccc2-3)OC1(C)C. The van der Waals surface area contributed by atoms with E-state index >= 15 is 0 Å². The molecule has 1 heterocycles. The maximum Gasteiger partial charge on any atom is 0.494 e. The number of aryl methyl sites for hydroxylation is 2. The lowest BCUT2D eigenvalue weighted by Gasteiger charge is -2.32. The van der Waals surface area contributed by atoms with Crippen molar-refractivity contribution in [3.63, 3.8) is 0 Å². The van der Waals surface area contributed by atoms with Crippen LogP contribution >= 0.6 is 0 Å². The Labute approximate surface area is 170 Å². The summed E-state index contributed by atoms with van der Waals surface area (Å²) in [7, 11) is -0.288. The topological polar surface area (TPSA) is 18.5 Å². The molecular formula is C25H33BO2. The Bertz CT molecular complexity index is 824. The molecule has 1 aliphatic heterocycles. The zero-order chi connectivity index (χ0) is 19.8. The lowest BCUT2D eigenvalue weighted by atomic mass is 9.76. The molecule has 0 bridgehead atoms. The van der Waals surface area contributed by atoms with Gasteiger partial charge in [-0.3, -0.25) is 0 Å². The van der Waals surface area contributed by atoms with Crippen LogP contribution in [0.3, 0.4) is 0 Å². The van der Waals surface area contributed by atoms with Crippen LogP contribution in [-0.2, 0) is 22.2 Å². The molecule has 3 heteroatoms. The average Bonchev–Trinajstić information content (AvgIpc) is 2.86. The van der Waals surface area contributed by atoms with Crippen LogP contribution in [0.4, 0.5) is 0 Å². The van der Waals surface area contributed by atoms with E-state index in [2.05, 4.69) is 70.2 Å². The van der Waals surface area contributed by atoms with Gasteiger partial charge >= 0.3 is 7.12 Å². The minimum absolute atomic E-state index is 0.288. The van der Waals surface area contributed by atoms with Gasteiger partial charge in [0.25, 0.3) is 0 Å². The van der Waals surface area contributed by atoms with Crippen LogP contribution < -0.4 is 5.46 Å². The Morgan fingerprint density at radius 2 is 1.25 bits per heavy atom.